The van der Waals surface area contributed by atoms with Gasteiger partial charge in [0, 0.05) is 5.92 Å². The monoisotopic (exact) mass is 1190 g/mol. The van der Waals surface area contributed by atoms with Crippen molar-refractivity contribution in [2.45, 2.75) is 251 Å². The minimum Gasteiger partial charge on any atom is -0.492 e. The Balaban J connectivity index is 0.781. The van der Waals surface area contributed by atoms with E-state index in [1.54, 1.807) is 0 Å². The van der Waals surface area contributed by atoms with Crippen molar-refractivity contribution in [3.8, 4) is 0 Å². The summed E-state index contributed by atoms with van der Waals surface area (Å²) < 4.78 is 66.2. The van der Waals surface area contributed by atoms with Crippen LogP contribution in [0.3, 0.4) is 0 Å². The van der Waals surface area contributed by atoms with Gasteiger partial charge in [0.25, 0.3) is 0 Å². The zero-order chi connectivity index (χ0) is 59.9. The van der Waals surface area contributed by atoms with Crippen LogP contribution in [0.25, 0.3) is 0 Å². The highest BCUT2D eigenvalue weighted by Gasteiger charge is 2.69. The number of aliphatic hydroxyl groups excluding tert-OH is 15. The zero-order valence-corrected chi connectivity index (χ0v) is 47.4. The molecule has 6 aliphatic heterocycles. The number of rotatable bonds is 16. The van der Waals surface area contributed by atoms with Crippen molar-refractivity contribution in [3.05, 3.63) is 23.5 Å². The lowest BCUT2D eigenvalue weighted by Gasteiger charge is -2.58. The van der Waals surface area contributed by atoms with E-state index in [9.17, 15) is 81.7 Å². The second-order valence-electron chi connectivity index (χ2n) is 25.9. The van der Waals surface area contributed by atoms with Gasteiger partial charge in [0.2, 0.25) is 0 Å². The lowest BCUT2D eigenvalue weighted by molar-refractivity contribution is -0.385. The molecule has 0 aromatic heterocycles. The van der Waals surface area contributed by atoms with E-state index in [0.717, 1.165) is 32.1 Å². The molecule has 476 valence electrons. The molecule has 0 aromatic carbocycles. The summed E-state index contributed by atoms with van der Waals surface area (Å²) in [5.74, 6) is 0.854. The van der Waals surface area contributed by atoms with E-state index in [-0.39, 0.29) is 41.3 Å². The Bertz CT molecular complexity index is 2240. The standard InChI is InChI=1S/C56H90O27/c1-21(19-73-52-46(40(67)37(64)31(17-58)79-52)82-51-43(70)39(66)36(63)30(16-57)78-51)6-9-33-56(5,72)48-29(77-33)15-27-25-8-7-23-14-24(10-12-54(23,3)26(25)11-13-55(27,48)4)76-53-47(83-50-42(69)38(65)34(61)22(2)75-50)44(71)45(32(18-59)80-53)81-49-41(68)35(62)28(60)20-74-49/h7,9,21-22,24-32,34-53,57-72H,6,8,10-20H2,1-5H3/t21-,22+,24+,25-,26+,27+,28-,29+,30-,31-,32-,34+,35+,36-,37-,38-,39+,40+,41-,42-,43-,44+,45-,46-,47-,48+,49+,50+,51+,52-,53-,54+,55+,56-/m1/s1. The minimum absolute atomic E-state index is 0.00254. The maximum Gasteiger partial charge on any atom is 0.187 e. The zero-order valence-electron chi connectivity index (χ0n) is 47.4. The molecule has 4 aliphatic carbocycles. The largest absolute Gasteiger partial charge is 0.492 e. The van der Waals surface area contributed by atoms with Crippen LogP contribution in [0.15, 0.2) is 23.5 Å². The topological polar surface area (TPSA) is 425 Å². The molecule has 6 saturated heterocycles. The normalized spacial score (nSPS) is 54.5. The first kappa shape index (κ1) is 64.2. The smallest absolute Gasteiger partial charge is 0.187 e. The fourth-order valence-electron chi connectivity index (χ4n) is 15.8. The van der Waals surface area contributed by atoms with Crippen molar-refractivity contribution in [1.82, 2.24) is 0 Å². The summed E-state index contributed by atoms with van der Waals surface area (Å²) in [5.41, 5.74) is -0.571. The van der Waals surface area contributed by atoms with E-state index >= 15 is 0 Å². The lowest BCUT2D eigenvalue weighted by Crippen LogP contribution is -2.66. The molecule has 10 aliphatic rings. The van der Waals surface area contributed by atoms with Gasteiger partial charge in [-0.05, 0) is 106 Å². The average molecular weight is 1200 g/mol. The summed E-state index contributed by atoms with van der Waals surface area (Å²) in [6.45, 7) is 7.25. The third-order valence-electron chi connectivity index (χ3n) is 20.6. The van der Waals surface area contributed by atoms with Gasteiger partial charge in [-0.1, -0.05) is 32.4 Å². The minimum atomic E-state index is -1.81. The molecule has 6 heterocycles. The average Bonchev–Trinajstić information content (AvgIpc) is 2.26. The van der Waals surface area contributed by atoms with Crippen LogP contribution in [0.4, 0.5) is 0 Å². The van der Waals surface area contributed by atoms with Crippen molar-refractivity contribution < 1.29 is 134 Å². The van der Waals surface area contributed by atoms with Crippen LogP contribution in [0.1, 0.15) is 86.0 Å². The number of ether oxygens (including phenoxy) is 11. The van der Waals surface area contributed by atoms with Gasteiger partial charge in [-0.2, -0.15) is 0 Å². The highest BCUT2D eigenvalue weighted by Crippen LogP contribution is 2.70. The molecule has 0 amide bonds. The maximum atomic E-state index is 12.5. The first-order chi connectivity index (χ1) is 39.3. The van der Waals surface area contributed by atoms with Crippen LogP contribution in [0, 0.1) is 40.4 Å². The summed E-state index contributed by atoms with van der Waals surface area (Å²) >= 11 is 0. The van der Waals surface area contributed by atoms with Crippen LogP contribution in [-0.4, -0.2) is 280 Å². The summed E-state index contributed by atoms with van der Waals surface area (Å²) in [4.78, 5) is 0. The Labute approximate surface area is 480 Å². The van der Waals surface area contributed by atoms with Crippen LogP contribution in [0.2, 0.25) is 0 Å². The highest BCUT2D eigenvalue weighted by atomic mass is 16.8. The number of aliphatic hydroxyl groups is 16. The molecule has 0 radical (unpaired) electrons. The van der Waals surface area contributed by atoms with Crippen molar-refractivity contribution in [1.29, 1.82) is 0 Å². The van der Waals surface area contributed by atoms with Gasteiger partial charge in [-0.3, -0.25) is 0 Å². The molecule has 0 bridgehead atoms. The molecule has 10 rings (SSSR count). The summed E-state index contributed by atoms with van der Waals surface area (Å²) in [6, 6.07) is 0. The Hall–Kier alpha value is -1.76. The van der Waals surface area contributed by atoms with Gasteiger partial charge in [0.05, 0.1) is 45.2 Å². The molecule has 27 heteroatoms. The SMILES string of the molecule is C[C@H](CC=C1O[C@H]2C[C@H]3[C@@H]4CC=C5C[C@@H](O[C@@H]6O[C@H](CO)[C@@H](O[C@@H]7OC[C@@H](O)[C@H](O)[C@H]7O)[C@H](O)[C@H]6O[C@@H]6O[C@@H](C)[C@H](O)[C@@H](O)[C@H]6O)CC[C@]5(C)[C@H]4CC[C@]3(C)[C@H]2[C@]1(C)O)CO[C@@H]1O[C@H](CO)[C@@H](O)[C@H](O)[C@H]1O[C@@H]1O[C@H](CO)[C@@H](O)[C@H](O)[C@H]1O. The second-order valence-corrected chi connectivity index (χ2v) is 25.9. The number of fused-ring (bicyclic) bond motifs is 7. The first-order valence-electron chi connectivity index (χ1n) is 29.5. The molecular formula is C56H90O27. The molecule has 83 heavy (non-hydrogen) atoms. The number of hydrogen-bond donors (Lipinski definition) is 16. The Morgan fingerprint density at radius 3 is 1.88 bits per heavy atom. The predicted octanol–water partition coefficient (Wildman–Crippen LogP) is -4.62. The Kier molecular flexibility index (Phi) is 19.5. The van der Waals surface area contributed by atoms with Gasteiger partial charge in [0.1, 0.15) is 127 Å². The van der Waals surface area contributed by atoms with Crippen LogP contribution >= 0.6 is 0 Å². The summed E-state index contributed by atoms with van der Waals surface area (Å²) in [5, 5.41) is 171. The van der Waals surface area contributed by atoms with Gasteiger partial charge in [-0.25, -0.2) is 0 Å². The number of allylic oxidation sites excluding steroid dienone is 2. The van der Waals surface area contributed by atoms with Crippen LogP contribution < -0.4 is 0 Å². The molecule has 27 nitrogen and oxygen atoms in total. The highest BCUT2D eigenvalue weighted by molar-refractivity contribution is 5.29. The van der Waals surface area contributed by atoms with Gasteiger partial charge in [-0.15, -0.1) is 0 Å². The molecule has 3 saturated carbocycles. The predicted molar refractivity (Wildman–Crippen MR) is 277 cm³/mol. The van der Waals surface area contributed by atoms with E-state index in [0.29, 0.717) is 36.9 Å². The Morgan fingerprint density at radius 2 is 1.20 bits per heavy atom. The lowest BCUT2D eigenvalue weighted by atomic mass is 9.46. The van der Waals surface area contributed by atoms with Gasteiger partial charge >= 0.3 is 0 Å². The Morgan fingerprint density at radius 1 is 0.614 bits per heavy atom. The van der Waals surface area contributed by atoms with Crippen molar-refractivity contribution in [3.63, 3.8) is 0 Å². The molecule has 0 spiro atoms. The van der Waals surface area contributed by atoms with Gasteiger partial charge in [0.15, 0.2) is 31.5 Å². The van der Waals surface area contributed by atoms with E-state index in [1.165, 1.54) is 12.5 Å². The molecular weight excluding hydrogens is 1100 g/mol. The van der Waals surface area contributed by atoms with E-state index < -0.39 is 186 Å². The summed E-state index contributed by atoms with van der Waals surface area (Å²) in [7, 11) is 0. The summed E-state index contributed by atoms with van der Waals surface area (Å²) in [6.07, 6.45) is -28.1. The maximum absolute atomic E-state index is 12.5. The third kappa shape index (κ3) is 11.8. The molecule has 16 N–H and O–H groups in total. The first-order valence-corrected chi connectivity index (χ1v) is 29.5. The van der Waals surface area contributed by atoms with Crippen molar-refractivity contribution in [2.75, 3.05) is 33.0 Å². The van der Waals surface area contributed by atoms with Crippen LogP contribution in [-0.2, 0) is 52.1 Å². The van der Waals surface area contributed by atoms with E-state index in [4.69, 9.17) is 52.1 Å². The molecule has 34 atom stereocenters. The fraction of sp³-hybridized carbons (Fsp3) is 0.929. The van der Waals surface area contributed by atoms with E-state index in [2.05, 4.69) is 19.9 Å². The van der Waals surface area contributed by atoms with Crippen molar-refractivity contribution >= 4 is 0 Å². The third-order valence-corrected chi connectivity index (χ3v) is 20.6. The van der Waals surface area contributed by atoms with Gasteiger partial charge < -0.3 is 134 Å². The quantitative estimate of drug-likeness (QED) is 0.0647. The molecule has 9 fully saturated rings. The molecule has 0 aromatic rings. The fourth-order valence-corrected chi connectivity index (χ4v) is 15.8. The molecule has 0 unspecified atom stereocenters. The van der Waals surface area contributed by atoms with Crippen LogP contribution in [0.5, 0.6) is 0 Å². The van der Waals surface area contributed by atoms with E-state index in [1.807, 2.05) is 19.9 Å². The number of hydrogen-bond acceptors (Lipinski definition) is 27. The van der Waals surface area contributed by atoms with Crippen molar-refractivity contribution in [2.24, 2.45) is 40.4 Å². The second kappa shape index (κ2) is 25.3.